The molecular weight excluding hydrogens is 394 g/mol. The van der Waals surface area contributed by atoms with Gasteiger partial charge in [-0.25, -0.2) is 0 Å². The van der Waals surface area contributed by atoms with Gasteiger partial charge in [-0.1, -0.05) is 24.3 Å². The molecule has 0 radical (unpaired) electrons. The molecule has 0 saturated carbocycles. The van der Waals surface area contributed by atoms with Crippen LogP contribution in [0.15, 0.2) is 48.7 Å². The Balaban J connectivity index is 1.34. The number of nitrogens with one attached hydrogen (secondary N) is 2. The lowest BCUT2D eigenvalue weighted by atomic mass is 9.87. The minimum Gasteiger partial charge on any atom is -0.454 e. The fourth-order valence-electron chi connectivity index (χ4n) is 4.36. The first-order valence-corrected chi connectivity index (χ1v) is 10.8. The molecule has 7 nitrogen and oxygen atoms in total. The molecule has 7 heteroatoms. The van der Waals surface area contributed by atoms with Crippen LogP contribution < -0.4 is 14.8 Å². The Morgan fingerprint density at radius 1 is 1.10 bits per heavy atom. The van der Waals surface area contributed by atoms with Gasteiger partial charge in [0.05, 0.1) is 13.2 Å². The standard InChI is InChI=1S/C24H27N3O4/c28-24(25-7-8-27-9-11-29-12-10-27)14-19(17-5-6-22-23(13-17)31-16-30-22)20-15-26-21-4-2-1-3-18(20)21/h1-6,13,15,19,26H,7-12,14,16H2,(H,25,28)/t19-/m1/s1. The van der Waals surface area contributed by atoms with Gasteiger partial charge in [-0.2, -0.15) is 0 Å². The Labute approximate surface area is 181 Å². The fraction of sp³-hybridized carbons (Fsp3) is 0.375. The lowest BCUT2D eigenvalue weighted by molar-refractivity contribution is -0.121. The summed E-state index contributed by atoms with van der Waals surface area (Å²) >= 11 is 0. The molecule has 0 spiro atoms. The van der Waals surface area contributed by atoms with Crippen molar-refractivity contribution in [2.45, 2.75) is 12.3 Å². The summed E-state index contributed by atoms with van der Waals surface area (Å²) in [7, 11) is 0. The van der Waals surface area contributed by atoms with E-state index in [2.05, 4.69) is 27.3 Å². The van der Waals surface area contributed by atoms with Gasteiger partial charge in [0.1, 0.15) is 0 Å². The van der Waals surface area contributed by atoms with Crippen molar-refractivity contribution in [3.05, 3.63) is 59.8 Å². The molecule has 2 aliphatic rings. The normalized spacial score (nSPS) is 17.0. The van der Waals surface area contributed by atoms with Crippen molar-refractivity contribution in [1.82, 2.24) is 15.2 Å². The van der Waals surface area contributed by atoms with Crippen molar-refractivity contribution < 1.29 is 19.0 Å². The number of hydrogen-bond donors (Lipinski definition) is 2. The van der Waals surface area contributed by atoms with Crippen LogP contribution in [-0.4, -0.2) is 62.0 Å². The van der Waals surface area contributed by atoms with E-state index in [1.807, 2.05) is 36.5 Å². The van der Waals surface area contributed by atoms with Gasteiger partial charge >= 0.3 is 0 Å². The van der Waals surface area contributed by atoms with Crippen molar-refractivity contribution in [1.29, 1.82) is 0 Å². The summed E-state index contributed by atoms with van der Waals surface area (Å²) < 4.78 is 16.4. The Morgan fingerprint density at radius 3 is 2.84 bits per heavy atom. The van der Waals surface area contributed by atoms with Gasteiger partial charge in [0.25, 0.3) is 0 Å². The highest BCUT2D eigenvalue weighted by Crippen LogP contribution is 2.39. The van der Waals surface area contributed by atoms with Crippen molar-refractivity contribution >= 4 is 16.8 Å². The first-order valence-electron chi connectivity index (χ1n) is 10.8. The van der Waals surface area contributed by atoms with E-state index in [0.29, 0.717) is 13.0 Å². The molecule has 31 heavy (non-hydrogen) atoms. The van der Waals surface area contributed by atoms with Crippen LogP contribution >= 0.6 is 0 Å². The van der Waals surface area contributed by atoms with Gasteiger partial charge in [-0.05, 0) is 29.3 Å². The van der Waals surface area contributed by atoms with E-state index in [1.165, 1.54) is 0 Å². The Morgan fingerprint density at radius 2 is 1.94 bits per heavy atom. The second-order valence-electron chi connectivity index (χ2n) is 7.96. The predicted octanol–water partition coefficient (Wildman–Crippen LogP) is 2.87. The van der Waals surface area contributed by atoms with E-state index in [-0.39, 0.29) is 18.6 Å². The van der Waals surface area contributed by atoms with Crippen LogP contribution in [0.3, 0.4) is 0 Å². The summed E-state index contributed by atoms with van der Waals surface area (Å²) in [6.07, 6.45) is 2.38. The van der Waals surface area contributed by atoms with E-state index in [9.17, 15) is 4.79 Å². The number of ether oxygens (including phenoxy) is 3. The summed E-state index contributed by atoms with van der Waals surface area (Å²) in [6, 6.07) is 14.1. The van der Waals surface area contributed by atoms with Crippen molar-refractivity contribution in [2.24, 2.45) is 0 Å². The molecule has 2 aliphatic heterocycles. The van der Waals surface area contributed by atoms with Gasteiger partial charge < -0.3 is 24.5 Å². The highest BCUT2D eigenvalue weighted by atomic mass is 16.7. The minimum atomic E-state index is -0.0889. The third-order valence-corrected chi connectivity index (χ3v) is 6.04. The second-order valence-corrected chi connectivity index (χ2v) is 7.96. The van der Waals surface area contributed by atoms with Gasteiger partial charge in [-0.3, -0.25) is 9.69 Å². The molecule has 3 aromatic rings. The zero-order chi connectivity index (χ0) is 21.0. The third-order valence-electron chi connectivity index (χ3n) is 6.04. The molecule has 1 fully saturated rings. The summed E-state index contributed by atoms with van der Waals surface area (Å²) in [5, 5.41) is 4.24. The molecule has 0 bridgehead atoms. The molecule has 1 atom stereocenters. The number of carbonyl (C=O) groups excluding carboxylic acids is 1. The van der Waals surface area contributed by atoms with Gasteiger partial charge in [0.15, 0.2) is 11.5 Å². The van der Waals surface area contributed by atoms with E-state index in [0.717, 1.165) is 66.4 Å². The lowest BCUT2D eigenvalue weighted by Gasteiger charge is -2.26. The quantitative estimate of drug-likeness (QED) is 0.614. The number of para-hydroxylation sites is 1. The number of hydrogen-bond acceptors (Lipinski definition) is 5. The van der Waals surface area contributed by atoms with Crippen LogP contribution in [0.2, 0.25) is 0 Å². The van der Waals surface area contributed by atoms with E-state index in [4.69, 9.17) is 14.2 Å². The van der Waals surface area contributed by atoms with Crippen LogP contribution in [0, 0.1) is 0 Å². The number of carbonyl (C=O) groups is 1. The summed E-state index contributed by atoms with van der Waals surface area (Å²) in [4.78, 5) is 18.6. The summed E-state index contributed by atoms with van der Waals surface area (Å²) in [5.74, 6) is 1.43. The highest BCUT2D eigenvalue weighted by Gasteiger charge is 2.24. The maximum atomic E-state index is 12.9. The molecule has 1 aromatic heterocycles. The highest BCUT2D eigenvalue weighted by molar-refractivity contribution is 5.86. The second kappa shape index (κ2) is 8.99. The van der Waals surface area contributed by atoms with Crippen molar-refractivity contribution in [2.75, 3.05) is 46.2 Å². The van der Waals surface area contributed by atoms with Crippen LogP contribution in [0.4, 0.5) is 0 Å². The molecule has 2 N–H and O–H groups in total. The number of aromatic nitrogens is 1. The molecule has 1 saturated heterocycles. The molecule has 0 aliphatic carbocycles. The average molecular weight is 421 g/mol. The largest absolute Gasteiger partial charge is 0.454 e. The number of nitrogens with zero attached hydrogens (tertiary/aromatic N) is 1. The maximum absolute atomic E-state index is 12.9. The van der Waals surface area contributed by atoms with Crippen LogP contribution in [0.1, 0.15) is 23.5 Å². The number of aromatic amines is 1. The SMILES string of the molecule is O=C(C[C@H](c1ccc2c(c1)OCO2)c1c[nH]c2ccccc12)NCCN1CCOCC1. The topological polar surface area (TPSA) is 75.8 Å². The molecular formula is C24H27N3O4. The van der Waals surface area contributed by atoms with Crippen LogP contribution in [-0.2, 0) is 9.53 Å². The Kier molecular flexibility index (Phi) is 5.78. The molecule has 3 heterocycles. The molecule has 2 aromatic carbocycles. The number of rotatable bonds is 7. The first-order chi connectivity index (χ1) is 15.3. The fourth-order valence-corrected chi connectivity index (χ4v) is 4.36. The van der Waals surface area contributed by atoms with Gasteiger partial charge in [0.2, 0.25) is 12.7 Å². The summed E-state index contributed by atoms with van der Waals surface area (Å²) in [6.45, 7) is 5.09. The van der Waals surface area contributed by atoms with Crippen LogP contribution in [0.25, 0.3) is 10.9 Å². The van der Waals surface area contributed by atoms with E-state index in [1.54, 1.807) is 0 Å². The zero-order valence-corrected chi connectivity index (χ0v) is 17.4. The zero-order valence-electron chi connectivity index (χ0n) is 17.4. The molecule has 1 amide bonds. The van der Waals surface area contributed by atoms with Crippen molar-refractivity contribution in [3.8, 4) is 11.5 Å². The predicted molar refractivity (Wildman–Crippen MR) is 118 cm³/mol. The molecule has 162 valence electrons. The molecule has 0 unspecified atom stereocenters. The average Bonchev–Trinajstić information content (AvgIpc) is 3.45. The monoisotopic (exact) mass is 421 g/mol. The van der Waals surface area contributed by atoms with E-state index < -0.39 is 0 Å². The number of morpholine rings is 1. The van der Waals surface area contributed by atoms with Gasteiger partial charge in [-0.15, -0.1) is 0 Å². The number of H-pyrrole nitrogens is 1. The minimum absolute atomic E-state index is 0.0428. The Hall–Kier alpha value is -3.03. The molecule has 5 rings (SSSR count). The van der Waals surface area contributed by atoms with Crippen LogP contribution in [0.5, 0.6) is 11.5 Å². The number of amides is 1. The van der Waals surface area contributed by atoms with Gasteiger partial charge in [0, 0.05) is 55.6 Å². The summed E-state index contributed by atoms with van der Waals surface area (Å²) in [5.41, 5.74) is 3.21. The smallest absolute Gasteiger partial charge is 0.231 e. The number of benzene rings is 2. The maximum Gasteiger partial charge on any atom is 0.231 e. The number of fused-ring (bicyclic) bond motifs is 2. The Bertz CT molecular complexity index is 1060. The van der Waals surface area contributed by atoms with Crippen molar-refractivity contribution in [3.63, 3.8) is 0 Å². The third kappa shape index (κ3) is 4.38. The first kappa shape index (κ1) is 19.9. The van der Waals surface area contributed by atoms with E-state index >= 15 is 0 Å². The lowest BCUT2D eigenvalue weighted by Crippen LogP contribution is -2.41.